The summed E-state index contributed by atoms with van der Waals surface area (Å²) in [5, 5.41) is 2.34. The summed E-state index contributed by atoms with van der Waals surface area (Å²) in [6, 6.07) is 12.2. The van der Waals surface area contributed by atoms with Crippen molar-refractivity contribution in [1.82, 2.24) is 0 Å². The fourth-order valence-electron chi connectivity index (χ4n) is 2.02. The Bertz CT molecular complexity index is 537. The van der Waals surface area contributed by atoms with Gasteiger partial charge in [-0.3, -0.25) is 0 Å². The van der Waals surface area contributed by atoms with Gasteiger partial charge in [0.1, 0.15) is 12.4 Å². The summed E-state index contributed by atoms with van der Waals surface area (Å²) in [5.74, 6) is 1.29. The Morgan fingerprint density at radius 1 is 1.05 bits per heavy atom. The average Bonchev–Trinajstić information content (AvgIpc) is 2.42. The first-order valence-corrected chi connectivity index (χ1v) is 7.07. The van der Waals surface area contributed by atoms with Crippen molar-refractivity contribution in [3.8, 4) is 5.75 Å². The molecule has 0 atom stereocenters. The van der Waals surface area contributed by atoms with Gasteiger partial charge in [0, 0.05) is 5.56 Å². The lowest BCUT2D eigenvalue weighted by Crippen LogP contribution is -2.11. The highest BCUT2D eigenvalue weighted by Crippen LogP contribution is 2.29. The van der Waals surface area contributed by atoms with Crippen molar-refractivity contribution < 1.29 is 9.47 Å². The minimum atomic E-state index is 0.229. The molecular weight excluding hydrogens is 260 g/mol. The minimum Gasteiger partial charge on any atom is -0.491 e. The molecule has 0 bridgehead atoms. The van der Waals surface area contributed by atoms with E-state index in [0.29, 0.717) is 19.1 Å². The van der Waals surface area contributed by atoms with Gasteiger partial charge in [-0.25, -0.2) is 0 Å². The second-order valence-corrected chi connectivity index (χ2v) is 4.93. The van der Waals surface area contributed by atoms with Gasteiger partial charge in [-0.15, -0.1) is 11.6 Å². The molecule has 2 aromatic carbocycles. The Morgan fingerprint density at radius 2 is 1.84 bits per heavy atom. The first-order valence-electron chi connectivity index (χ1n) is 6.53. The molecule has 0 aromatic heterocycles. The van der Waals surface area contributed by atoms with Crippen LogP contribution < -0.4 is 4.74 Å². The Balaban J connectivity index is 2.14. The summed E-state index contributed by atoms with van der Waals surface area (Å²) in [4.78, 5) is 0. The number of fused-ring (bicyclic) bond motifs is 1. The zero-order chi connectivity index (χ0) is 13.7. The standard InChI is InChI=1S/C16H19ClO2/c1-12(2)18-9-10-19-16-8-7-13-5-3-4-6-14(13)15(16)11-17/h3-8,12H,9-11H2,1-2H3. The second kappa shape index (κ2) is 6.78. The number of hydrogen-bond acceptors (Lipinski definition) is 2. The molecule has 0 heterocycles. The molecule has 0 spiro atoms. The van der Waals surface area contributed by atoms with Gasteiger partial charge in [0.2, 0.25) is 0 Å². The lowest BCUT2D eigenvalue weighted by Gasteiger charge is -2.13. The van der Waals surface area contributed by atoms with Crippen LogP contribution in [0.15, 0.2) is 36.4 Å². The van der Waals surface area contributed by atoms with Gasteiger partial charge in [-0.05, 0) is 30.7 Å². The largest absolute Gasteiger partial charge is 0.491 e. The lowest BCUT2D eigenvalue weighted by atomic mass is 10.0. The molecule has 0 aliphatic carbocycles. The Kier molecular flexibility index (Phi) is 5.06. The Hall–Kier alpha value is -1.25. The molecule has 3 heteroatoms. The number of hydrogen-bond donors (Lipinski definition) is 0. The normalized spacial score (nSPS) is 11.2. The van der Waals surface area contributed by atoms with E-state index in [0.717, 1.165) is 16.7 Å². The molecule has 2 aromatic rings. The van der Waals surface area contributed by atoms with Crippen molar-refractivity contribution in [2.24, 2.45) is 0 Å². The van der Waals surface area contributed by atoms with E-state index in [2.05, 4.69) is 18.2 Å². The molecule has 2 rings (SSSR count). The van der Waals surface area contributed by atoms with Gasteiger partial charge in [-0.1, -0.05) is 30.3 Å². The molecule has 0 aliphatic heterocycles. The van der Waals surface area contributed by atoms with Gasteiger partial charge >= 0.3 is 0 Å². The van der Waals surface area contributed by atoms with Crippen LogP contribution in [0, 0.1) is 0 Å². The van der Waals surface area contributed by atoms with Crippen molar-refractivity contribution in [3.63, 3.8) is 0 Å². The van der Waals surface area contributed by atoms with Crippen LogP contribution in [0.2, 0.25) is 0 Å². The van der Waals surface area contributed by atoms with Crippen molar-refractivity contribution in [2.75, 3.05) is 13.2 Å². The summed E-state index contributed by atoms with van der Waals surface area (Å²) < 4.78 is 11.2. The maximum absolute atomic E-state index is 6.06. The predicted octanol–water partition coefficient (Wildman–Crippen LogP) is 4.38. The SMILES string of the molecule is CC(C)OCCOc1ccc2ccccc2c1CCl. The van der Waals surface area contributed by atoms with E-state index < -0.39 is 0 Å². The summed E-state index contributed by atoms with van der Waals surface area (Å²) in [7, 11) is 0. The van der Waals surface area contributed by atoms with E-state index in [-0.39, 0.29) is 6.10 Å². The van der Waals surface area contributed by atoms with Crippen molar-refractivity contribution in [1.29, 1.82) is 0 Å². The summed E-state index contributed by atoms with van der Waals surface area (Å²) in [5.41, 5.74) is 1.05. The second-order valence-electron chi connectivity index (χ2n) is 4.67. The maximum atomic E-state index is 6.06. The van der Waals surface area contributed by atoms with E-state index >= 15 is 0 Å². The van der Waals surface area contributed by atoms with E-state index in [1.54, 1.807) is 0 Å². The van der Waals surface area contributed by atoms with Gasteiger partial charge in [0.05, 0.1) is 18.6 Å². The average molecular weight is 279 g/mol. The van der Waals surface area contributed by atoms with Crippen molar-refractivity contribution in [2.45, 2.75) is 25.8 Å². The molecule has 102 valence electrons. The minimum absolute atomic E-state index is 0.229. The third-order valence-corrected chi connectivity index (χ3v) is 3.19. The first kappa shape index (κ1) is 14.2. The summed E-state index contributed by atoms with van der Waals surface area (Å²) in [6.45, 7) is 5.16. The van der Waals surface area contributed by atoms with Crippen LogP contribution in [-0.2, 0) is 10.6 Å². The van der Waals surface area contributed by atoms with Gasteiger partial charge in [0.25, 0.3) is 0 Å². The quantitative estimate of drug-likeness (QED) is 0.577. The topological polar surface area (TPSA) is 18.5 Å². The lowest BCUT2D eigenvalue weighted by molar-refractivity contribution is 0.0551. The van der Waals surface area contributed by atoms with Crippen molar-refractivity contribution >= 4 is 22.4 Å². The van der Waals surface area contributed by atoms with Gasteiger partial charge < -0.3 is 9.47 Å². The van der Waals surface area contributed by atoms with Crippen LogP contribution >= 0.6 is 11.6 Å². The molecule has 0 fully saturated rings. The zero-order valence-electron chi connectivity index (χ0n) is 11.4. The number of benzene rings is 2. The third kappa shape index (κ3) is 3.62. The van der Waals surface area contributed by atoms with Crippen LogP contribution in [0.1, 0.15) is 19.4 Å². The fraction of sp³-hybridized carbons (Fsp3) is 0.375. The molecule has 19 heavy (non-hydrogen) atoms. The number of halogens is 1. The van der Waals surface area contributed by atoms with Crippen LogP contribution in [-0.4, -0.2) is 19.3 Å². The fourth-order valence-corrected chi connectivity index (χ4v) is 2.30. The summed E-state index contributed by atoms with van der Waals surface area (Å²) in [6.07, 6.45) is 0.229. The molecule has 0 N–H and O–H groups in total. The monoisotopic (exact) mass is 278 g/mol. The molecule has 0 radical (unpaired) electrons. The highest BCUT2D eigenvalue weighted by Gasteiger charge is 2.07. The van der Waals surface area contributed by atoms with E-state index in [1.165, 1.54) is 5.39 Å². The van der Waals surface area contributed by atoms with Crippen molar-refractivity contribution in [3.05, 3.63) is 42.0 Å². The molecule has 0 aliphatic rings. The molecular formula is C16H19ClO2. The van der Waals surface area contributed by atoms with E-state index in [9.17, 15) is 0 Å². The predicted molar refractivity (Wildman–Crippen MR) is 80.1 cm³/mol. The number of ether oxygens (including phenoxy) is 2. The zero-order valence-corrected chi connectivity index (χ0v) is 12.1. The third-order valence-electron chi connectivity index (χ3n) is 2.92. The number of alkyl halides is 1. The number of rotatable bonds is 6. The Morgan fingerprint density at radius 3 is 2.58 bits per heavy atom. The molecule has 0 unspecified atom stereocenters. The first-order chi connectivity index (χ1) is 9.22. The molecule has 0 saturated heterocycles. The summed E-state index contributed by atoms with van der Waals surface area (Å²) >= 11 is 6.06. The molecule has 0 saturated carbocycles. The van der Waals surface area contributed by atoms with Crippen LogP contribution in [0.25, 0.3) is 10.8 Å². The molecule has 2 nitrogen and oxygen atoms in total. The highest BCUT2D eigenvalue weighted by atomic mass is 35.5. The highest BCUT2D eigenvalue weighted by molar-refractivity contribution is 6.18. The van der Waals surface area contributed by atoms with Gasteiger partial charge in [0.15, 0.2) is 0 Å². The van der Waals surface area contributed by atoms with E-state index in [4.69, 9.17) is 21.1 Å². The Labute approximate surface area is 119 Å². The maximum Gasteiger partial charge on any atom is 0.124 e. The molecule has 0 amide bonds. The van der Waals surface area contributed by atoms with Crippen LogP contribution in [0.3, 0.4) is 0 Å². The van der Waals surface area contributed by atoms with Crippen LogP contribution in [0.4, 0.5) is 0 Å². The van der Waals surface area contributed by atoms with E-state index in [1.807, 2.05) is 32.0 Å². The van der Waals surface area contributed by atoms with Crippen LogP contribution in [0.5, 0.6) is 5.75 Å². The van der Waals surface area contributed by atoms with Gasteiger partial charge in [-0.2, -0.15) is 0 Å². The smallest absolute Gasteiger partial charge is 0.124 e.